The Bertz CT molecular complexity index is 1290. The van der Waals surface area contributed by atoms with Crippen LogP contribution in [0.3, 0.4) is 0 Å². The maximum Gasteiger partial charge on any atom is 0.261 e. The third kappa shape index (κ3) is 4.55. The smallest absolute Gasteiger partial charge is 0.261 e. The number of carbonyl (C=O) groups excluding carboxylic acids is 2. The molecule has 0 aliphatic carbocycles. The number of aryl methyl sites for hydroxylation is 1. The highest BCUT2D eigenvalue weighted by molar-refractivity contribution is 7.20. The highest BCUT2D eigenvalue weighted by atomic mass is 32.1. The van der Waals surface area contributed by atoms with Crippen molar-refractivity contribution < 1.29 is 14.0 Å². The van der Waals surface area contributed by atoms with E-state index in [2.05, 4.69) is 15.7 Å². The number of hydrogen-bond acceptors (Lipinski definition) is 4. The van der Waals surface area contributed by atoms with Crippen LogP contribution < -0.4 is 10.6 Å². The largest absolute Gasteiger partial charge is 0.347 e. The summed E-state index contributed by atoms with van der Waals surface area (Å²) in [5.41, 5.74) is 3.12. The summed E-state index contributed by atoms with van der Waals surface area (Å²) in [6.07, 6.45) is 0. The minimum atomic E-state index is -0.312. The lowest BCUT2D eigenvalue weighted by Crippen LogP contribution is -2.22. The number of thiophene rings is 1. The van der Waals surface area contributed by atoms with Crippen molar-refractivity contribution in [3.63, 3.8) is 0 Å². The Morgan fingerprint density at radius 3 is 2.59 bits per heavy atom. The van der Waals surface area contributed by atoms with Gasteiger partial charge in [0.15, 0.2) is 0 Å². The molecular weight excluding hydrogens is 427 g/mol. The summed E-state index contributed by atoms with van der Waals surface area (Å²) in [6, 6.07) is 15.3. The lowest BCUT2D eigenvalue weighted by molar-refractivity contribution is -0.118. The predicted molar refractivity (Wildman–Crippen MR) is 125 cm³/mol. The summed E-state index contributed by atoms with van der Waals surface area (Å²) in [4.78, 5) is 26.1. The molecule has 164 valence electrons. The quantitative estimate of drug-likeness (QED) is 0.431. The molecule has 0 spiro atoms. The molecule has 2 aromatic carbocycles. The summed E-state index contributed by atoms with van der Waals surface area (Å²) in [5, 5.41) is 11.2. The molecular formula is C24H23FN4O2S. The van der Waals surface area contributed by atoms with Gasteiger partial charge in [-0.1, -0.05) is 26.0 Å². The van der Waals surface area contributed by atoms with Crippen LogP contribution in [0.25, 0.3) is 15.9 Å². The van der Waals surface area contributed by atoms with Crippen molar-refractivity contribution in [2.75, 3.05) is 5.32 Å². The van der Waals surface area contributed by atoms with Crippen LogP contribution in [0.1, 0.15) is 34.8 Å². The van der Waals surface area contributed by atoms with Crippen LogP contribution >= 0.6 is 11.3 Å². The van der Waals surface area contributed by atoms with Crippen molar-refractivity contribution in [1.29, 1.82) is 0 Å². The third-order valence-corrected chi connectivity index (χ3v) is 6.12. The molecule has 4 aromatic rings. The highest BCUT2D eigenvalue weighted by Gasteiger charge is 2.17. The first kappa shape index (κ1) is 21.7. The number of fused-ring (bicyclic) bond motifs is 1. The minimum absolute atomic E-state index is 0.0537. The molecule has 32 heavy (non-hydrogen) atoms. The molecule has 2 aromatic heterocycles. The minimum Gasteiger partial charge on any atom is -0.347 e. The average Bonchev–Trinajstić information content (AvgIpc) is 3.34. The molecule has 0 atom stereocenters. The average molecular weight is 451 g/mol. The van der Waals surface area contributed by atoms with Gasteiger partial charge in [0.05, 0.1) is 16.3 Å². The Hall–Kier alpha value is -3.52. The fourth-order valence-electron chi connectivity index (χ4n) is 3.23. The fourth-order valence-corrected chi connectivity index (χ4v) is 4.33. The van der Waals surface area contributed by atoms with Gasteiger partial charge in [0.1, 0.15) is 10.6 Å². The number of halogens is 1. The molecule has 2 amide bonds. The van der Waals surface area contributed by atoms with Crippen molar-refractivity contribution in [3.8, 4) is 5.69 Å². The van der Waals surface area contributed by atoms with Gasteiger partial charge in [-0.3, -0.25) is 9.59 Å². The first-order valence-electron chi connectivity index (χ1n) is 10.2. The molecule has 4 rings (SSSR count). The number of aromatic nitrogens is 2. The van der Waals surface area contributed by atoms with E-state index in [4.69, 9.17) is 0 Å². The van der Waals surface area contributed by atoms with Gasteiger partial charge in [-0.25, -0.2) is 9.07 Å². The molecule has 0 saturated heterocycles. The van der Waals surface area contributed by atoms with E-state index in [0.717, 1.165) is 27.2 Å². The number of anilines is 1. The molecule has 8 heteroatoms. The van der Waals surface area contributed by atoms with E-state index in [0.29, 0.717) is 17.1 Å². The van der Waals surface area contributed by atoms with E-state index in [1.54, 1.807) is 16.8 Å². The Kier molecular flexibility index (Phi) is 6.05. The number of amides is 2. The molecule has 2 N–H and O–H groups in total. The van der Waals surface area contributed by atoms with Crippen molar-refractivity contribution >= 4 is 39.1 Å². The Morgan fingerprint density at radius 1 is 1.12 bits per heavy atom. The summed E-state index contributed by atoms with van der Waals surface area (Å²) >= 11 is 1.34. The number of carbonyl (C=O) groups is 2. The summed E-state index contributed by atoms with van der Waals surface area (Å²) in [7, 11) is 0. The van der Waals surface area contributed by atoms with Crippen LogP contribution in [0.4, 0.5) is 10.1 Å². The van der Waals surface area contributed by atoms with Crippen molar-refractivity contribution in [3.05, 3.63) is 76.5 Å². The number of benzene rings is 2. The first-order valence-corrected chi connectivity index (χ1v) is 11.1. The third-order valence-electron chi connectivity index (χ3n) is 5.01. The van der Waals surface area contributed by atoms with Gasteiger partial charge in [0.25, 0.3) is 5.91 Å². The predicted octanol–water partition coefficient (Wildman–Crippen LogP) is 5.06. The molecule has 0 bridgehead atoms. The van der Waals surface area contributed by atoms with Crippen LogP contribution in [0.15, 0.2) is 54.6 Å². The standard InChI is InChI=1S/C24H23FN4O2S/c1-14(2)22(30)27-18-6-4-5-16(11-18)13-26-23(31)21-12-20-15(3)28-29(24(20)32-21)19-9-7-17(25)8-10-19/h4-12,14H,13H2,1-3H3,(H,26,31)(H,27,30). The van der Waals surface area contributed by atoms with E-state index in [1.165, 1.54) is 23.5 Å². The molecule has 0 radical (unpaired) electrons. The van der Waals surface area contributed by atoms with Gasteiger partial charge in [0.2, 0.25) is 5.91 Å². The Labute approximate surface area is 189 Å². The van der Waals surface area contributed by atoms with Crippen LogP contribution in [0, 0.1) is 18.7 Å². The normalized spacial score (nSPS) is 11.2. The van der Waals surface area contributed by atoms with E-state index in [9.17, 15) is 14.0 Å². The summed E-state index contributed by atoms with van der Waals surface area (Å²) < 4.78 is 15.0. The van der Waals surface area contributed by atoms with E-state index in [1.807, 2.05) is 51.1 Å². The second kappa shape index (κ2) is 8.92. The van der Waals surface area contributed by atoms with E-state index in [-0.39, 0.29) is 23.5 Å². The molecule has 0 fully saturated rings. The molecule has 6 nitrogen and oxygen atoms in total. The molecule has 0 saturated carbocycles. The molecule has 2 heterocycles. The van der Waals surface area contributed by atoms with Crippen LogP contribution in [-0.4, -0.2) is 21.6 Å². The second-order valence-electron chi connectivity index (χ2n) is 7.83. The molecule has 0 aliphatic rings. The highest BCUT2D eigenvalue weighted by Crippen LogP contribution is 2.30. The van der Waals surface area contributed by atoms with Gasteiger partial charge in [-0.2, -0.15) is 5.10 Å². The van der Waals surface area contributed by atoms with Crippen LogP contribution in [0.5, 0.6) is 0 Å². The number of nitrogens with zero attached hydrogens (tertiary/aromatic N) is 2. The Morgan fingerprint density at radius 2 is 1.88 bits per heavy atom. The zero-order valence-electron chi connectivity index (χ0n) is 18.0. The lowest BCUT2D eigenvalue weighted by atomic mass is 10.1. The second-order valence-corrected chi connectivity index (χ2v) is 8.86. The van der Waals surface area contributed by atoms with E-state index < -0.39 is 0 Å². The van der Waals surface area contributed by atoms with Crippen molar-refractivity contribution in [2.24, 2.45) is 5.92 Å². The van der Waals surface area contributed by atoms with Crippen molar-refractivity contribution in [1.82, 2.24) is 15.1 Å². The molecule has 0 unspecified atom stereocenters. The number of rotatable bonds is 6. The maximum atomic E-state index is 13.3. The monoisotopic (exact) mass is 450 g/mol. The van der Waals surface area contributed by atoms with Gasteiger partial charge >= 0.3 is 0 Å². The summed E-state index contributed by atoms with van der Waals surface area (Å²) in [6.45, 7) is 5.89. The van der Waals surface area contributed by atoms with Crippen molar-refractivity contribution in [2.45, 2.75) is 27.3 Å². The first-order chi connectivity index (χ1) is 15.3. The van der Waals surface area contributed by atoms with Crippen LogP contribution in [0.2, 0.25) is 0 Å². The molecule has 0 aliphatic heterocycles. The number of nitrogens with one attached hydrogen (secondary N) is 2. The van der Waals surface area contributed by atoms with Crippen LogP contribution in [-0.2, 0) is 11.3 Å². The van der Waals surface area contributed by atoms with Gasteiger partial charge < -0.3 is 10.6 Å². The fraction of sp³-hybridized carbons (Fsp3) is 0.208. The topological polar surface area (TPSA) is 76.0 Å². The zero-order chi connectivity index (χ0) is 22.8. The van der Waals surface area contributed by atoms with Gasteiger partial charge in [-0.05, 0) is 55.0 Å². The summed E-state index contributed by atoms with van der Waals surface area (Å²) in [5.74, 6) is -0.663. The van der Waals surface area contributed by atoms with Gasteiger partial charge in [-0.15, -0.1) is 11.3 Å². The SMILES string of the molecule is Cc1nn(-c2ccc(F)cc2)c2sc(C(=O)NCc3cccc(NC(=O)C(C)C)c3)cc12. The zero-order valence-corrected chi connectivity index (χ0v) is 18.8. The van der Waals surface area contributed by atoms with E-state index >= 15 is 0 Å². The Balaban J connectivity index is 1.50. The lowest BCUT2D eigenvalue weighted by Gasteiger charge is -2.10. The maximum absolute atomic E-state index is 13.3. The number of hydrogen-bond donors (Lipinski definition) is 2. The van der Waals surface area contributed by atoms with Gasteiger partial charge in [0, 0.05) is 23.5 Å².